The van der Waals surface area contributed by atoms with Crippen molar-refractivity contribution in [2.24, 2.45) is 0 Å². The highest BCUT2D eigenvalue weighted by Crippen LogP contribution is 2.17. The van der Waals surface area contributed by atoms with E-state index in [1.807, 2.05) is 0 Å². The van der Waals surface area contributed by atoms with Gasteiger partial charge in [-0.25, -0.2) is 0 Å². The van der Waals surface area contributed by atoms with E-state index in [4.69, 9.17) is 0 Å². The first-order valence-corrected chi connectivity index (χ1v) is 7.44. The molecule has 2 aliphatic heterocycles. The van der Waals surface area contributed by atoms with Crippen molar-refractivity contribution in [3.05, 3.63) is 0 Å². The number of hydrogen-bond donors (Lipinski definition) is 0. The first kappa shape index (κ1) is 13.3. The summed E-state index contributed by atoms with van der Waals surface area (Å²) in [5.41, 5.74) is 0. The monoisotopic (exact) mass is 239 g/mol. The Morgan fingerprint density at radius 1 is 0.941 bits per heavy atom. The number of likely N-dealkylation sites (tertiary alicyclic amines) is 1. The standard InChI is InChI=1S/C14H29N3/c1-3-4-7-16-10-12-17(13-11-16)14-5-8-15(2)9-6-14/h14H,3-13H2,1-2H3. The zero-order valence-corrected chi connectivity index (χ0v) is 11.7. The lowest BCUT2D eigenvalue weighted by Crippen LogP contribution is -2.52. The Bertz CT molecular complexity index is 204. The van der Waals surface area contributed by atoms with Gasteiger partial charge in [-0.05, 0) is 45.9 Å². The largest absolute Gasteiger partial charge is 0.306 e. The number of unbranched alkanes of at least 4 members (excludes halogenated alkanes) is 1. The fourth-order valence-electron chi connectivity index (χ4n) is 3.09. The average Bonchev–Trinajstić information content (AvgIpc) is 2.38. The van der Waals surface area contributed by atoms with Crippen LogP contribution in [0.3, 0.4) is 0 Å². The van der Waals surface area contributed by atoms with Crippen LogP contribution in [-0.4, -0.2) is 73.6 Å². The highest BCUT2D eigenvalue weighted by atomic mass is 15.3. The number of nitrogens with zero attached hydrogens (tertiary/aromatic N) is 3. The topological polar surface area (TPSA) is 9.72 Å². The summed E-state index contributed by atoms with van der Waals surface area (Å²) in [5.74, 6) is 0. The molecule has 2 heterocycles. The molecule has 0 N–H and O–H groups in total. The number of piperazine rings is 1. The molecule has 0 aromatic heterocycles. The molecule has 2 saturated heterocycles. The van der Waals surface area contributed by atoms with Crippen molar-refractivity contribution in [2.45, 2.75) is 38.6 Å². The van der Waals surface area contributed by atoms with Gasteiger partial charge in [0.25, 0.3) is 0 Å². The Kier molecular flexibility index (Phi) is 5.26. The van der Waals surface area contributed by atoms with Crippen LogP contribution in [0.25, 0.3) is 0 Å². The number of piperidine rings is 1. The van der Waals surface area contributed by atoms with Gasteiger partial charge in [-0.2, -0.15) is 0 Å². The second-order valence-electron chi connectivity index (χ2n) is 5.77. The van der Waals surface area contributed by atoms with Crippen LogP contribution < -0.4 is 0 Å². The first-order valence-electron chi connectivity index (χ1n) is 7.44. The SMILES string of the molecule is CCCCN1CCN(C2CCN(C)CC2)CC1. The lowest BCUT2D eigenvalue weighted by Gasteiger charge is -2.42. The van der Waals surface area contributed by atoms with E-state index in [0.717, 1.165) is 6.04 Å². The molecule has 2 fully saturated rings. The van der Waals surface area contributed by atoms with Gasteiger partial charge in [-0.1, -0.05) is 13.3 Å². The van der Waals surface area contributed by atoms with E-state index in [-0.39, 0.29) is 0 Å². The average molecular weight is 239 g/mol. The summed E-state index contributed by atoms with van der Waals surface area (Å²) in [6.45, 7) is 11.4. The van der Waals surface area contributed by atoms with Crippen molar-refractivity contribution in [3.63, 3.8) is 0 Å². The lowest BCUT2D eigenvalue weighted by atomic mass is 10.0. The van der Waals surface area contributed by atoms with Crippen LogP contribution in [0, 0.1) is 0 Å². The fourth-order valence-corrected chi connectivity index (χ4v) is 3.09. The summed E-state index contributed by atoms with van der Waals surface area (Å²) in [6.07, 6.45) is 5.46. The van der Waals surface area contributed by atoms with Crippen LogP contribution in [0.15, 0.2) is 0 Å². The molecule has 0 aromatic carbocycles. The van der Waals surface area contributed by atoms with Crippen molar-refractivity contribution < 1.29 is 0 Å². The molecule has 0 amide bonds. The molecule has 2 aliphatic rings. The lowest BCUT2D eigenvalue weighted by molar-refractivity contribution is 0.0642. The molecule has 2 rings (SSSR count). The summed E-state index contributed by atoms with van der Waals surface area (Å²) in [7, 11) is 2.25. The third-order valence-corrected chi connectivity index (χ3v) is 4.44. The van der Waals surface area contributed by atoms with Gasteiger partial charge in [0.2, 0.25) is 0 Å². The second kappa shape index (κ2) is 6.72. The van der Waals surface area contributed by atoms with Gasteiger partial charge >= 0.3 is 0 Å². The molecule has 0 aliphatic carbocycles. The van der Waals surface area contributed by atoms with Crippen LogP contribution in [0.1, 0.15) is 32.6 Å². The van der Waals surface area contributed by atoms with E-state index < -0.39 is 0 Å². The molecule has 0 aromatic rings. The van der Waals surface area contributed by atoms with Gasteiger partial charge in [0.05, 0.1) is 0 Å². The molecule has 100 valence electrons. The summed E-state index contributed by atoms with van der Waals surface area (Å²) in [6, 6.07) is 0.875. The molecule has 0 atom stereocenters. The van der Waals surface area contributed by atoms with E-state index in [2.05, 4.69) is 28.7 Å². The molecule has 0 spiro atoms. The molecular formula is C14H29N3. The van der Waals surface area contributed by atoms with Crippen molar-refractivity contribution in [3.8, 4) is 0 Å². The molecule has 0 radical (unpaired) electrons. The summed E-state index contributed by atoms with van der Waals surface area (Å²) in [4.78, 5) is 7.86. The summed E-state index contributed by atoms with van der Waals surface area (Å²) in [5, 5.41) is 0. The normalized spacial score (nSPS) is 26.5. The minimum Gasteiger partial charge on any atom is -0.306 e. The van der Waals surface area contributed by atoms with Crippen molar-refractivity contribution in [1.82, 2.24) is 14.7 Å². The van der Waals surface area contributed by atoms with Crippen molar-refractivity contribution in [1.29, 1.82) is 0 Å². The van der Waals surface area contributed by atoms with Crippen LogP contribution in [0.2, 0.25) is 0 Å². The molecule has 3 heteroatoms. The van der Waals surface area contributed by atoms with Crippen LogP contribution in [-0.2, 0) is 0 Å². The maximum atomic E-state index is 2.75. The van der Waals surface area contributed by atoms with Crippen molar-refractivity contribution in [2.75, 3.05) is 52.9 Å². The van der Waals surface area contributed by atoms with Crippen LogP contribution in [0.4, 0.5) is 0 Å². The Morgan fingerprint density at radius 2 is 1.59 bits per heavy atom. The smallest absolute Gasteiger partial charge is 0.0121 e. The van der Waals surface area contributed by atoms with Gasteiger partial charge in [0, 0.05) is 32.2 Å². The second-order valence-corrected chi connectivity index (χ2v) is 5.77. The quantitative estimate of drug-likeness (QED) is 0.736. The van der Waals surface area contributed by atoms with Gasteiger partial charge in [-0.15, -0.1) is 0 Å². The molecule has 0 unspecified atom stereocenters. The maximum absolute atomic E-state index is 2.75. The molecular weight excluding hydrogens is 210 g/mol. The third kappa shape index (κ3) is 3.94. The first-order chi connectivity index (χ1) is 8.29. The van der Waals surface area contributed by atoms with Gasteiger partial charge in [-0.3, -0.25) is 4.90 Å². The highest BCUT2D eigenvalue weighted by molar-refractivity contribution is 4.82. The Hall–Kier alpha value is -0.120. The zero-order valence-electron chi connectivity index (χ0n) is 11.7. The maximum Gasteiger partial charge on any atom is 0.0121 e. The Balaban J connectivity index is 1.68. The van der Waals surface area contributed by atoms with E-state index in [1.165, 1.54) is 71.5 Å². The Labute approximate surface area is 107 Å². The van der Waals surface area contributed by atoms with Gasteiger partial charge in [0.15, 0.2) is 0 Å². The van der Waals surface area contributed by atoms with Crippen LogP contribution in [0.5, 0.6) is 0 Å². The number of hydrogen-bond acceptors (Lipinski definition) is 3. The van der Waals surface area contributed by atoms with Crippen molar-refractivity contribution >= 4 is 0 Å². The van der Waals surface area contributed by atoms with E-state index in [0.29, 0.717) is 0 Å². The zero-order chi connectivity index (χ0) is 12.1. The van der Waals surface area contributed by atoms with E-state index >= 15 is 0 Å². The molecule has 17 heavy (non-hydrogen) atoms. The highest BCUT2D eigenvalue weighted by Gasteiger charge is 2.25. The number of rotatable bonds is 4. The predicted molar refractivity (Wildman–Crippen MR) is 73.4 cm³/mol. The molecule has 0 bridgehead atoms. The fraction of sp³-hybridized carbons (Fsp3) is 1.00. The summed E-state index contributed by atoms with van der Waals surface area (Å²) >= 11 is 0. The summed E-state index contributed by atoms with van der Waals surface area (Å²) < 4.78 is 0. The van der Waals surface area contributed by atoms with Crippen LogP contribution >= 0.6 is 0 Å². The van der Waals surface area contributed by atoms with Gasteiger partial charge in [0.1, 0.15) is 0 Å². The minimum atomic E-state index is 0.875. The third-order valence-electron chi connectivity index (χ3n) is 4.44. The Morgan fingerprint density at radius 3 is 2.18 bits per heavy atom. The van der Waals surface area contributed by atoms with E-state index in [1.54, 1.807) is 0 Å². The van der Waals surface area contributed by atoms with E-state index in [9.17, 15) is 0 Å². The predicted octanol–water partition coefficient (Wildman–Crippen LogP) is 1.50. The molecule has 3 nitrogen and oxygen atoms in total. The van der Waals surface area contributed by atoms with Gasteiger partial charge < -0.3 is 9.80 Å². The molecule has 0 saturated carbocycles. The minimum absolute atomic E-state index is 0.875.